The highest BCUT2D eigenvalue weighted by Gasteiger charge is 2.25. The first kappa shape index (κ1) is 19.3. The lowest BCUT2D eigenvalue weighted by molar-refractivity contribution is 0.191. The number of hydrogen-bond acceptors (Lipinski definition) is 0. The Morgan fingerprint density at radius 1 is 0.955 bits per heavy atom. The van der Waals surface area contributed by atoms with E-state index in [0.717, 1.165) is 17.8 Å². The summed E-state index contributed by atoms with van der Waals surface area (Å²) >= 11 is 0. The van der Waals surface area contributed by atoms with Crippen LogP contribution in [0.15, 0.2) is 30.3 Å². The summed E-state index contributed by atoms with van der Waals surface area (Å²) in [6.45, 7) is 8.79. The highest BCUT2D eigenvalue weighted by Crippen LogP contribution is 2.37. The largest absolute Gasteiger partial charge is 0.0683 e. The molecular weight excluding hydrogens is 264 g/mol. The van der Waals surface area contributed by atoms with Gasteiger partial charge in [0.05, 0.1) is 0 Å². The average molecular weight is 303 g/mol. The van der Waals surface area contributed by atoms with Crippen molar-refractivity contribution in [3.63, 3.8) is 0 Å². The van der Waals surface area contributed by atoms with E-state index in [2.05, 4.69) is 44.2 Å². The monoisotopic (exact) mass is 302 g/mol. The third kappa shape index (κ3) is 6.99. The first-order valence-corrected chi connectivity index (χ1v) is 9.83. The SMILES string of the molecule is CC.CCCC(CCCc1ccccc1)C1CCC(C)CC1. The maximum Gasteiger partial charge on any atom is -0.0279 e. The molecular formula is C22H38. The van der Waals surface area contributed by atoms with Crippen LogP contribution in [0.1, 0.15) is 84.6 Å². The molecule has 126 valence electrons. The van der Waals surface area contributed by atoms with E-state index in [9.17, 15) is 0 Å². The van der Waals surface area contributed by atoms with Crippen LogP contribution in [0, 0.1) is 17.8 Å². The molecule has 0 heteroatoms. The molecule has 1 aromatic carbocycles. The summed E-state index contributed by atoms with van der Waals surface area (Å²) in [5.41, 5.74) is 1.51. The second kappa shape index (κ2) is 11.7. The topological polar surface area (TPSA) is 0 Å². The van der Waals surface area contributed by atoms with Crippen LogP contribution in [0.3, 0.4) is 0 Å². The molecule has 2 rings (SSSR count). The average Bonchev–Trinajstić information content (AvgIpc) is 2.58. The van der Waals surface area contributed by atoms with Crippen LogP contribution in [0.5, 0.6) is 0 Å². The standard InChI is InChI=1S/C20H32.C2H6/c1-3-8-19(20-15-13-17(2)14-16-20)12-7-11-18-9-5-4-6-10-18;1-2/h4-6,9-10,17,19-20H,3,7-8,11-16H2,1-2H3;1-2H3. The van der Waals surface area contributed by atoms with Crippen LogP contribution in [0.25, 0.3) is 0 Å². The molecule has 1 aromatic rings. The molecule has 0 saturated heterocycles. The Bertz CT molecular complexity index is 346. The van der Waals surface area contributed by atoms with Gasteiger partial charge in [-0.3, -0.25) is 0 Å². The highest BCUT2D eigenvalue weighted by molar-refractivity contribution is 5.14. The highest BCUT2D eigenvalue weighted by atomic mass is 14.3. The van der Waals surface area contributed by atoms with Crippen molar-refractivity contribution >= 4 is 0 Å². The van der Waals surface area contributed by atoms with Crippen molar-refractivity contribution in [2.75, 3.05) is 0 Å². The summed E-state index contributed by atoms with van der Waals surface area (Å²) in [6, 6.07) is 11.0. The molecule has 0 aromatic heterocycles. The normalized spacial score (nSPS) is 22.5. The Morgan fingerprint density at radius 2 is 1.59 bits per heavy atom. The van der Waals surface area contributed by atoms with Gasteiger partial charge in [0.25, 0.3) is 0 Å². The lowest BCUT2D eigenvalue weighted by Gasteiger charge is -2.33. The number of benzene rings is 1. The Morgan fingerprint density at radius 3 is 2.18 bits per heavy atom. The first-order chi connectivity index (χ1) is 10.8. The number of hydrogen-bond donors (Lipinski definition) is 0. The van der Waals surface area contributed by atoms with Gasteiger partial charge < -0.3 is 0 Å². The van der Waals surface area contributed by atoms with Gasteiger partial charge in [-0.05, 0) is 55.4 Å². The van der Waals surface area contributed by atoms with E-state index in [4.69, 9.17) is 0 Å². The molecule has 1 aliphatic rings. The molecule has 0 radical (unpaired) electrons. The summed E-state index contributed by atoms with van der Waals surface area (Å²) < 4.78 is 0. The molecule has 0 bridgehead atoms. The molecule has 0 N–H and O–H groups in total. The third-order valence-electron chi connectivity index (χ3n) is 5.27. The predicted octanol–water partition coefficient (Wildman–Crippen LogP) is 7.28. The van der Waals surface area contributed by atoms with Crippen molar-refractivity contribution in [1.82, 2.24) is 0 Å². The van der Waals surface area contributed by atoms with Crippen molar-refractivity contribution in [2.45, 2.75) is 85.5 Å². The molecule has 1 saturated carbocycles. The minimum atomic E-state index is 0.984. The Hall–Kier alpha value is -0.780. The number of aryl methyl sites for hydroxylation is 1. The van der Waals surface area contributed by atoms with E-state index < -0.39 is 0 Å². The van der Waals surface area contributed by atoms with Gasteiger partial charge in [-0.2, -0.15) is 0 Å². The van der Waals surface area contributed by atoms with Crippen LogP contribution in [0.4, 0.5) is 0 Å². The molecule has 22 heavy (non-hydrogen) atoms. The predicted molar refractivity (Wildman–Crippen MR) is 100 cm³/mol. The lowest BCUT2D eigenvalue weighted by atomic mass is 9.73. The van der Waals surface area contributed by atoms with Crippen LogP contribution in [-0.2, 0) is 6.42 Å². The molecule has 1 aliphatic carbocycles. The van der Waals surface area contributed by atoms with Crippen LogP contribution < -0.4 is 0 Å². The summed E-state index contributed by atoms with van der Waals surface area (Å²) in [5.74, 6) is 3.01. The maximum absolute atomic E-state index is 2.43. The second-order valence-electron chi connectivity index (χ2n) is 6.95. The maximum atomic E-state index is 2.43. The minimum absolute atomic E-state index is 0.984. The van der Waals surface area contributed by atoms with Crippen molar-refractivity contribution in [1.29, 1.82) is 0 Å². The molecule has 1 fully saturated rings. The van der Waals surface area contributed by atoms with Crippen LogP contribution in [-0.4, -0.2) is 0 Å². The molecule has 1 atom stereocenters. The van der Waals surface area contributed by atoms with Crippen molar-refractivity contribution in [3.05, 3.63) is 35.9 Å². The fourth-order valence-electron chi connectivity index (χ4n) is 3.96. The Balaban J connectivity index is 0.00000116. The van der Waals surface area contributed by atoms with Gasteiger partial charge in [-0.1, -0.05) is 83.7 Å². The minimum Gasteiger partial charge on any atom is -0.0683 e. The van der Waals surface area contributed by atoms with Gasteiger partial charge >= 0.3 is 0 Å². The van der Waals surface area contributed by atoms with E-state index >= 15 is 0 Å². The van der Waals surface area contributed by atoms with Gasteiger partial charge in [-0.15, -0.1) is 0 Å². The fraction of sp³-hybridized carbons (Fsp3) is 0.727. The van der Waals surface area contributed by atoms with Crippen LogP contribution >= 0.6 is 0 Å². The molecule has 1 unspecified atom stereocenters. The summed E-state index contributed by atoms with van der Waals surface area (Å²) in [7, 11) is 0. The zero-order valence-corrected chi connectivity index (χ0v) is 15.5. The van der Waals surface area contributed by atoms with Crippen molar-refractivity contribution < 1.29 is 0 Å². The fourth-order valence-corrected chi connectivity index (χ4v) is 3.96. The van der Waals surface area contributed by atoms with Gasteiger partial charge in [0, 0.05) is 0 Å². The molecule has 0 nitrogen and oxygen atoms in total. The van der Waals surface area contributed by atoms with Gasteiger partial charge in [-0.25, -0.2) is 0 Å². The van der Waals surface area contributed by atoms with Crippen LogP contribution in [0.2, 0.25) is 0 Å². The van der Waals surface area contributed by atoms with Gasteiger partial charge in [0.15, 0.2) is 0 Å². The van der Waals surface area contributed by atoms with E-state index in [1.807, 2.05) is 13.8 Å². The zero-order valence-electron chi connectivity index (χ0n) is 15.5. The van der Waals surface area contributed by atoms with Crippen molar-refractivity contribution in [2.24, 2.45) is 17.8 Å². The molecule has 0 heterocycles. The molecule has 0 spiro atoms. The van der Waals surface area contributed by atoms with E-state index in [1.165, 1.54) is 63.4 Å². The first-order valence-electron chi connectivity index (χ1n) is 9.83. The Labute approximate surface area is 139 Å². The number of rotatable bonds is 7. The zero-order chi connectivity index (χ0) is 16.2. The lowest BCUT2D eigenvalue weighted by Crippen LogP contribution is -2.21. The smallest absolute Gasteiger partial charge is 0.0279 e. The Kier molecular flexibility index (Phi) is 10.3. The van der Waals surface area contributed by atoms with E-state index in [0.29, 0.717) is 0 Å². The summed E-state index contributed by atoms with van der Waals surface area (Å²) in [5, 5.41) is 0. The quantitative estimate of drug-likeness (QED) is 0.496. The van der Waals surface area contributed by atoms with Gasteiger partial charge in [0.1, 0.15) is 0 Å². The van der Waals surface area contributed by atoms with Crippen molar-refractivity contribution in [3.8, 4) is 0 Å². The van der Waals surface area contributed by atoms with E-state index in [-0.39, 0.29) is 0 Å². The summed E-state index contributed by atoms with van der Waals surface area (Å²) in [4.78, 5) is 0. The van der Waals surface area contributed by atoms with E-state index in [1.54, 1.807) is 0 Å². The molecule has 0 aliphatic heterocycles. The van der Waals surface area contributed by atoms with Gasteiger partial charge in [0.2, 0.25) is 0 Å². The third-order valence-corrected chi connectivity index (χ3v) is 5.27. The second-order valence-corrected chi connectivity index (χ2v) is 6.95. The summed E-state index contributed by atoms with van der Waals surface area (Å²) in [6.07, 6.45) is 12.9. The molecule has 0 amide bonds.